The maximum absolute atomic E-state index is 4.46. The highest BCUT2D eigenvalue weighted by Gasteiger charge is 2.16. The number of hydrazone groups is 1. The van der Waals surface area contributed by atoms with Gasteiger partial charge in [-0.3, -0.25) is 0 Å². The summed E-state index contributed by atoms with van der Waals surface area (Å²) < 4.78 is 0. The SMILES string of the molecule is C1=C[N+](c2ccccc2)N=Cc2ccccc21. The van der Waals surface area contributed by atoms with Crippen molar-refractivity contribution in [3.63, 3.8) is 0 Å². The van der Waals surface area contributed by atoms with Gasteiger partial charge in [-0.05, 0) is 10.7 Å². The molecule has 0 fully saturated rings. The molecule has 1 aliphatic heterocycles. The molecule has 0 atom stereocenters. The summed E-state index contributed by atoms with van der Waals surface area (Å²) in [7, 11) is 0. The molecule has 1 radical (unpaired) electrons. The molecule has 1 aliphatic rings. The Morgan fingerprint density at radius 1 is 0.765 bits per heavy atom. The predicted octanol–water partition coefficient (Wildman–Crippen LogP) is 3.48. The molecule has 0 aromatic heterocycles. The molecule has 17 heavy (non-hydrogen) atoms. The largest absolute Gasteiger partial charge is 0.217 e. The van der Waals surface area contributed by atoms with Gasteiger partial charge in [0.25, 0.3) is 0 Å². The van der Waals surface area contributed by atoms with Crippen LogP contribution >= 0.6 is 0 Å². The zero-order valence-electron chi connectivity index (χ0n) is 9.32. The number of para-hydroxylation sites is 1. The van der Waals surface area contributed by atoms with E-state index in [0.29, 0.717) is 0 Å². The highest BCUT2D eigenvalue weighted by molar-refractivity contribution is 5.86. The molecule has 0 amide bonds. The van der Waals surface area contributed by atoms with Crippen molar-refractivity contribution in [3.8, 4) is 0 Å². The van der Waals surface area contributed by atoms with Gasteiger partial charge in [-0.2, -0.15) is 0 Å². The first-order valence-corrected chi connectivity index (χ1v) is 5.59. The van der Waals surface area contributed by atoms with Crippen LogP contribution in [0.2, 0.25) is 0 Å². The first kappa shape index (κ1) is 10.00. The van der Waals surface area contributed by atoms with E-state index in [0.717, 1.165) is 11.3 Å². The molecule has 0 saturated carbocycles. The lowest BCUT2D eigenvalue weighted by Gasteiger charge is -1.95. The molecule has 1 heterocycles. The van der Waals surface area contributed by atoms with Crippen molar-refractivity contribution >= 4 is 18.0 Å². The van der Waals surface area contributed by atoms with Gasteiger partial charge in [0.2, 0.25) is 5.69 Å². The van der Waals surface area contributed by atoms with Gasteiger partial charge in [0.1, 0.15) is 0 Å². The van der Waals surface area contributed by atoms with Crippen LogP contribution in [0.5, 0.6) is 0 Å². The van der Waals surface area contributed by atoms with E-state index in [4.69, 9.17) is 0 Å². The molecule has 0 saturated heterocycles. The van der Waals surface area contributed by atoms with Gasteiger partial charge < -0.3 is 0 Å². The van der Waals surface area contributed by atoms with Gasteiger partial charge in [0.05, 0.1) is 6.21 Å². The number of anilines is 1. The summed E-state index contributed by atoms with van der Waals surface area (Å²) in [6.45, 7) is 0. The van der Waals surface area contributed by atoms with Crippen LogP contribution < -0.4 is 5.01 Å². The number of hydrogen-bond donors (Lipinski definition) is 0. The number of nitrogens with zero attached hydrogens (tertiary/aromatic N) is 2. The first-order valence-electron chi connectivity index (χ1n) is 5.59. The van der Waals surface area contributed by atoms with Crippen LogP contribution in [-0.2, 0) is 0 Å². The van der Waals surface area contributed by atoms with Crippen LogP contribution in [0.4, 0.5) is 5.69 Å². The fourth-order valence-electron chi connectivity index (χ4n) is 1.83. The van der Waals surface area contributed by atoms with E-state index in [9.17, 15) is 0 Å². The fraction of sp³-hybridized carbons (Fsp3) is 0. The van der Waals surface area contributed by atoms with Crippen LogP contribution in [0.25, 0.3) is 6.08 Å². The number of benzene rings is 2. The van der Waals surface area contributed by atoms with E-state index in [1.54, 1.807) is 0 Å². The van der Waals surface area contributed by atoms with Crippen molar-refractivity contribution in [3.05, 3.63) is 71.9 Å². The summed E-state index contributed by atoms with van der Waals surface area (Å²) in [5.74, 6) is 0. The molecule has 3 rings (SSSR count). The lowest BCUT2D eigenvalue weighted by molar-refractivity contribution is 0.745. The minimum absolute atomic E-state index is 1.06. The van der Waals surface area contributed by atoms with E-state index in [-0.39, 0.29) is 0 Å². The predicted molar refractivity (Wildman–Crippen MR) is 71.3 cm³/mol. The molecular weight excluding hydrogens is 208 g/mol. The van der Waals surface area contributed by atoms with E-state index < -0.39 is 0 Å². The highest BCUT2D eigenvalue weighted by atomic mass is 15.4. The van der Waals surface area contributed by atoms with Crippen molar-refractivity contribution in [2.45, 2.75) is 0 Å². The molecule has 81 valence electrons. The van der Waals surface area contributed by atoms with Gasteiger partial charge in [0.15, 0.2) is 6.20 Å². The molecule has 2 heteroatoms. The molecule has 0 unspecified atom stereocenters. The first-order chi connectivity index (χ1) is 8.43. The average Bonchev–Trinajstić information content (AvgIpc) is 2.62. The van der Waals surface area contributed by atoms with Crippen LogP contribution in [0.15, 0.2) is 65.9 Å². The minimum Gasteiger partial charge on any atom is -0.0618 e. The Morgan fingerprint density at radius 2 is 1.47 bits per heavy atom. The summed E-state index contributed by atoms with van der Waals surface area (Å²) in [5.41, 5.74) is 3.39. The fourth-order valence-corrected chi connectivity index (χ4v) is 1.83. The smallest absolute Gasteiger partial charge is 0.0618 e. The molecule has 0 bridgehead atoms. The topological polar surface area (TPSA) is 18.3 Å². The Kier molecular flexibility index (Phi) is 2.56. The summed E-state index contributed by atoms with van der Waals surface area (Å²) >= 11 is 0. The van der Waals surface area contributed by atoms with Gasteiger partial charge in [-0.15, -0.1) is 0 Å². The highest BCUT2D eigenvalue weighted by Crippen LogP contribution is 2.18. The summed E-state index contributed by atoms with van der Waals surface area (Å²) in [6.07, 6.45) is 5.95. The third kappa shape index (κ3) is 2.03. The molecular formula is C15H12N2+. The molecule has 2 nitrogen and oxygen atoms in total. The lowest BCUT2D eigenvalue weighted by atomic mass is 10.1. The molecule has 2 aromatic carbocycles. The molecule has 0 spiro atoms. The van der Waals surface area contributed by atoms with Crippen molar-refractivity contribution < 1.29 is 0 Å². The monoisotopic (exact) mass is 220 g/mol. The Bertz CT molecular complexity index is 537. The Morgan fingerprint density at radius 3 is 2.29 bits per heavy atom. The van der Waals surface area contributed by atoms with Gasteiger partial charge in [-0.25, -0.2) is 0 Å². The number of rotatable bonds is 1. The molecule has 0 aliphatic carbocycles. The van der Waals surface area contributed by atoms with Crippen molar-refractivity contribution in [1.29, 1.82) is 0 Å². The second kappa shape index (κ2) is 4.36. The maximum Gasteiger partial charge on any atom is 0.217 e. The van der Waals surface area contributed by atoms with Gasteiger partial charge in [0, 0.05) is 28.8 Å². The van der Waals surface area contributed by atoms with Crippen LogP contribution in [0, 0.1) is 0 Å². The summed E-state index contributed by atoms with van der Waals surface area (Å²) in [6, 6.07) is 18.3. The number of hydrogen-bond acceptors (Lipinski definition) is 2. The third-order valence-corrected chi connectivity index (χ3v) is 2.73. The maximum atomic E-state index is 4.46. The average molecular weight is 220 g/mol. The van der Waals surface area contributed by atoms with Crippen LogP contribution in [0.1, 0.15) is 11.1 Å². The van der Waals surface area contributed by atoms with Crippen molar-refractivity contribution in [2.75, 3.05) is 0 Å². The minimum atomic E-state index is 1.06. The van der Waals surface area contributed by atoms with Crippen molar-refractivity contribution in [2.24, 2.45) is 5.10 Å². The van der Waals surface area contributed by atoms with E-state index >= 15 is 0 Å². The standard InChI is InChI=1S/C15H12N2/c1-2-8-15(9-3-1)17-11-10-13-6-4-5-7-14(13)12-16-17/h1-12H/q+1. The van der Waals surface area contributed by atoms with Gasteiger partial charge >= 0.3 is 0 Å². The second-order valence-corrected chi connectivity index (χ2v) is 3.87. The lowest BCUT2D eigenvalue weighted by Crippen LogP contribution is -2.07. The zero-order chi connectivity index (χ0) is 11.5. The Hall–Kier alpha value is -2.19. The molecule has 2 aromatic rings. The summed E-state index contributed by atoms with van der Waals surface area (Å²) in [4.78, 5) is 0. The van der Waals surface area contributed by atoms with Gasteiger partial charge in [-0.1, -0.05) is 42.5 Å². The normalized spacial score (nSPS) is 14.4. The Labute approximate surface area is 101 Å². The quantitative estimate of drug-likeness (QED) is 0.655. The summed E-state index contributed by atoms with van der Waals surface area (Å²) in [5, 5.41) is 6.33. The van der Waals surface area contributed by atoms with Crippen LogP contribution in [-0.4, -0.2) is 6.21 Å². The van der Waals surface area contributed by atoms with Crippen LogP contribution in [0.3, 0.4) is 0 Å². The van der Waals surface area contributed by atoms with E-state index in [1.807, 2.05) is 59.9 Å². The van der Waals surface area contributed by atoms with Crippen molar-refractivity contribution in [1.82, 2.24) is 5.01 Å². The second-order valence-electron chi connectivity index (χ2n) is 3.87. The molecule has 0 N–H and O–H groups in total. The Balaban J connectivity index is 1.99. The zero-order valence-corrected chi connectivity index (χ0v) is 9.32. The number of fused-ring (bicyclic) bond motifs is 1. The van der Waals surface area contributed by atoms with E-state index in [2.05, 4.69) is 23.3 Å². The third-order valence-electron chi connectivity index (χ3n) is 2.73. The van der Waals surface area contributed by atoms with E-state index in [1.165, 1.54) is 5.56 Å².